The van der Waals surface area contributed by atoms with E-state index in [2.05, 4.69) is 0 Å². The molecule has 0 amide bonds. The zero-order chi connectivity index (χ0) is 12.3. The van der Waals surface area contributed by atoms with Crippen LogP contribution in [-0.4, -0.2) is 36.5 Å². The van der Waals surface area contributed by atoms with Crippen molar-refractivity contribution < 1.29 is 19.4 Å². The summed E-state index contributed by atoms with van der Waals surface area (Å²) in [6, 6.07) is 0. The SMILES string of the molecule is CCC1(C(=O)O)CCC(OC2CCOCC2)C1. The first-order valence-electron chi connectivity index (χ1n) is 6.63. The highest BCUT2D eigenvalue weighted by atomic mass is 16.5. The Morgan fingerprint density at radius 1 is 1.35 bits per heavy atom. The third-order valence-corrected chi connectivity index (χ3v) is 4.25. The van der Waals surface area contributed by atoms with Gasteiger partial charge < -0.3 is 14.6 Å². The fourth-order valence-electron chi connectivity index (χ4n) is 2.94. The Morgan fingerprint density at radius 2 is 2.06 bits per heavy atom. The summed E-state index contributed by atoms with van der Waals surface area (Å²) >= 11 is 0. The van der Waals surface area contributed by atoms with E-state index in [1.54, 1.807) is 0 Å². The second-order valence-corrected chi connectivity index (χ2v) is 5.25. The van der Waals surface area contributed by atoms with Crippen molar-refractivity contribution in [1.82, 2.24) is 0 Å². The van der Waals surface area contributed by atoms with Crippen molar-refractivity contribution in [3.63, 3.8) is 0 Å². The second-order valence-electron chi connectivity index (χ2n) is 5.25. The Bertz CT molecular complexity index is 273. The molecule has 2 rings (SSSR count). The highest BCUT2D eigenvalue weighted by Crippen LogP contribution is 2.43. The predicted octanol–water partition coefficient (Wildman–Crippen LogP) is 2.22. The van der Waals surface area contributed by atoms with E-state index in [1.807, 2.05) is 6.92 Å². The molecule has 1 saturated heterocycles. The van der Waals surface area contributed by atoms with Crippen molar-refractivity contribution in [1.29, 1.82) is 0 Å². The van der Waals surface area contributed by atoms with E-state index in [9.17, 15) is 9.90 Å². The molecule has 2 aliphatic rings. The molecule has 1 aliphatic heterocycles. The molecular formula is C13H22O4. The van der Waals surface area contributed by atoms with Crippen molar-refractivity contribution in [2.24, 2.45) is 5.41 Å². The van der Waals surface area contributed by atoms with Gasteiger partial charge in [0.15, 0.2) is 0 Å². The molecule has 0 aromatic heterocycles. The summed E-state index contributed by atoms with van der Waals surface area (Å²) in [6.45, 7) is 3.51. The van der Waals surface area contributed by atoms with E-state index in [1.165, 1.54) is 0 Å². The van der Waals surface area contributed by atoms with Crippen molar-refractivity contribution in [3.8, 4) is 0 Å². The maximum Gasteiger partial charge on any atom is 0.309 e. The second kappa shape index (κ2) is 5.36. The molecule has 1 heterocycles. The monoisotopic (exact) mass is 242 g/mol. The number of carboxylic acids is 1. The molecule has 17 heavy (non-hydrogen) atoms. The van der Waals surface area contributed by atoms with Crippen LogP contribution >= 0.6 is 0 Å². The van der Waals surface area contributed by atoms with Crippen LogP contribution < -0.4 is 0 Å². The normalized spacial score (nSPS) is 35.0. The number of rotatable bonds is 4. The fraction of sp³-hybridized carbons (Fsp3) is 0.923. The van der Waals surface area contributed by atoms with Gasteiger partial charge in [0.2, 0.25) is 0 Å². The van der Waals surface area contributed by atoms with Gasteiger partial charge in [-0.15, -0.1) is 0 Å². The predicted molar refractivity (Wildman–Crippen MR) is 62.9 cm³/mol. The van der Waals surface area contributed by atoms with Crippen LogP contribution in [0, 0.1) is 5.41 Å². The third-order valence-electron chi connectivity index (χ3n) is 4.25. The summed E-state index contributed by atoms with van der Waals surface area (Å²) < 4.78 is 11.3. The molecule has 0 spiro atoms. The molecule has 2 atom stereocenters. The minimum atomic E-state index is -0.655. The van der Waals surface area contributed by atoms with E-state index in [0.29, 0.717) is 12.8 Å². The standard InChI is InChI=1S/C13H22O4/c1-2-13(12(14)15)6-3-11(9-13)17-10-4-7-16-8-5-10/h10-11H,2-9H2,1H3,(H,14,15). The number of carbonyl (C=O) groups is 1. The third kappa shape index (κ3) is 2.80. The Hall–Kier alpha value is -0.610. The maximum atomic E-state index is 11.3. The van der Waals surface area contributed by atoms with Crippen LogP contribution in [-0.2, 0) is 14.3 Å². The molecule has 1 N–H and O–H groups in total. The minimum absolute atomic E-state index is 0.133. The van der Waals surface area contributed by atoms with Crippen molar-refractivity contribution in [3.05, 3.63) is 0 Å². The molecule has 4 nitrogen and oxygen atoms in total. The van der Waals surface area contributed by atoms with Crippen LogP contribution in [0.15, 0.2) is 0 Å². The lowest BCUT2D eigenvalue weighted by molar-refractivity contribution is -0.150. The summed E-state index contributed by atoms with van der Waals surface area (Å²) in [6.07, 6.45) is 5.33. The first kappa shape index (κ1) is 12.8. The van der Waals surface area contributed by atoms with Gasteiger partial charge in [-0.05, 0) is 38.5 Å². The van der Waals surface area contributed by atoms with Crippen LogP contribution in [0.1, 0.15) is 45.4 Å². The lowest BCUT2D eigenvalue weighted by Crippen LogP contribution is -2.31. The van der Waals surface area contributed by atoms with Gasteiger partial charge in [0.05, 0.1) is 17.6 Å². The van der Waals surface area contributed by atoms with Gasteiger partial charge in [0.25, 0.3) is 0 Å². The molecule has 0 radical (unpaired) electrons. The van der Waals surface area contributed by atoms with Crippen molar-refractivity contribution in [2.45, 2.75) is 57.7 Å². The summed E-state index contributed by atoms with van der Waals surface area (Å²) in [5.41, 5.74) is -0.532. The first-order valence-corrected chi connectivity index (χ1v) is 6.63. The van der Waals surface area contributed by atoms with E-state index < -0.39 is 11.4 Å². The van der Waals surface area contributed by atoms with Crippen LogP contribution in [0.3, 0.4) is 0 Å². The lowest BCUT2D eigenvalue weighted by atomic mass is 9.83. The summed E-state index contributed by atoms with van der Waals surface area (Å²) in [7, 11) is 0. The van der Waals surface area contributed by atoms with Gasteiger partial charge in [0, 0.05) is 13.2 Å². The molecule has 1 saturated carbocycles. The van der Waals surface area contributed by atoms with E-state index >= 15 is 0 Å². The Morgan fingerprint density at radius 3 is 2.59 bits per heavy atom. The number of ether oxygens (including phenoxy) is 2. The van der Waals surface area contributed by atoms with Crippen LogP contribution in [0.4, 0.5) is 0 Å². The first-order chi connectivity index (χ1) is 8.16. The highest BCUT2D eigenvalue weighted by Gasteiger charge is 2.45. The largest absolute Gasteiger partial charge is 0.481 e. The molecular weight excluding hydrogens is 220 g/mol. The van der Waals surface area contributed by atoms with Crippen molar-refractivity contribution in [2.75, 3.05) is 13.2 Å². The molecule has 1 aliphatic carbocycles. The maximum absolute atomic E-state index is 11.3. The summed E-state index contributed by atoms with van der Waals surface area (Å²) in [5.74, 6) is -0.655. The molecule has 98 valence electrons. The number of aliphatic carboxylic acids is 1. The number of carboxylic acid groups (broad SMARTS) is 1. The fourth-order valence-corrected chi connectivity index (χ4v) is 2.94. The van der Waals surface area contributed by atoms with Crippen molar-refractivity contribution >= 4 is 5.97 Å². The Balaban J connectivity index is 1.86. The van der Waals surface area contributed by atoms with Gasteiger partial charge in [-0.1, -0.05) is 6.92 Å². The Kier molecular flexibility index (Phi) is 4.05. The smallest absolute Gasteiger partial charge is 0.309 e. The molecule has 2 fully saturated rings. The summed E-state index contributed by atoms with van der Waals surface area (Å²) in [5, 5.41) is 9.31. The van der Waals surface area contributed by atoms with E-state index in [0.717, 1.165) is 38.9 Å². The van der Waals surface area contributed by atoms with E-state index in [-0.39, 0.29) is 12.2 Å². The van der Waals surface area contributed by atoms with Gasteiger partial charge in [0.1, 0.15) is 0 Å². The van der Waals surface area contributed by atoms with Gasteiger partial charge in [-0.3, -0.25) is 4.79 Å². The molecule has 0 bridgehead atoms. The zero-order valence-electron chi connectivity index (χ0n) is 10.5. The quantitative estimate of drug-likeness (QED) is 0.821. The van der Waals surface area contributed by atoms with Crippen LogP contribution in [0.2, 0.25) is 0 Å². The van der Waals surface area contributed by atoms with Crippen LogP contribution in [0.25, 0.3) is 0 Å². The van der Waals surface area contributed by atoms with Gasteiger partial charge in [-0.2, -0.15) is 0 Å². The molecule has 0 aromatic carbocycles. The zero-order valence-corrected chi connectivity index (χ0v) is 10.5. The number of hydrogen-bond donors (Lipinski definition) is 1. The Labute approximate surface area is 102 Å². The molecule has 2 unspecified atom stereocenters. The lowest BCUT2D eigenvalue weighted by Gasteiger charge is -2.27. The molecule has 0 aromatic rings. The number of hydrogen-bond acceptors (Lipinski definition) is 3. The average Bonchev–Trinajstić information content (AvgIpc) is 2.75. The topological polar surface area (TPSA) is 55.8 Å². The minimum Gasteiger partial charge on any atom is -0.481 e. The average molecular weight is 242 g/mol. The van der Waals surface area contributed by atoms with Gasteiger partial charge in [-0.25, -0.2) is 0 Å². The van der Waals surface area contributed by atoms with Crippen LogP contribution in [0.5, 0.6) is 0 Å². The summed E-state index contributed by atoms with van der Waals surface area (Å²) in [4.78, 5) is 11.3. The van der Waals surface area contributed by atoms with Gasteiger partial charge >= 0.3 is 5.97 Å². The molecule has 4 heteroatoms. The highest BCUT2D eigenvalue weighted by molar-refractivity contribution is 5.75. The van der Waals surface area contributed by atoms with E-state index in [4.69, 9.17) is 9.47 Å².